The molecule has 0 aliphatic heterocycles. The van der Waals surface area contributed by atoms with Crippen LogP contribution in [-0.4, -0.2) is 9.55 Å². The van der Waals surface area contributed by atoms with Crippen LogP contribution in [-0.2, 0) is 0 Å². The first-order valence-corrected chi connectivity index (χ1v) is 11.4. The van der Waals surface area contributed by atoms with E-state index < -0.39 is 0 Å². The van der Waals surface area contributed by atoms with Gasteiger partial charge in [0.15, 0.2) is 0 Å². The minimum atomic E-state index is 0.671. The second-order valence-electron chi connectivity index (χ2n) is 7.84. The van der Waals surface area contributed by atoms with Crippen LogP contribution >= 0.6 is 0 Å². The number of imidazole rings is 1. The topological polar surface area (TPSA) is 17.8 Å². The summed E-state index contributed by atoms with van der Waals surface area (Å²) in [6, 6.07) is 0.671. The Morgan fingerprint density at radius 2 is 1.16 bits per heavy atom. The Labute approximate surface area is 157 Å². The molecule has 0 fully saturated rings. The molecule has 0 N–H and O–H groups in total. The van der Waals surface area contributed by atoms with Crippen LogP contribution in [0.15, 0.2) is 18.7 Å². The van der Waals surface area contributed by atoms with Crippen molar-refractivity contribution in [1.82, 2.24) is 9.55 Å². The predicted octanol–water partition coefficient (Wildman–Crippen LogP) is 8.10. The maximum absolute atomic E-state index is 4.21. The van der Waals surface area contributed by atoms with Gasteiger partial charge in [0.1, 0.15) is 0 Å². The summed E-state index contributed by atoms with van der Waals surface area (Å²) in [6.45, 7) is 4.58. The van der Waals surface area contributed by atoms with E-state index in [0.717, 1.165) is 0 Å². The van der Waals surface area contributed by atoms with Gasteiger partial charge in [0.05, 0.1) is 6.33 Å². The van der Waals surface area contributed by atoms with Crippen molar-refractivity contribution in [3.63, 3.8) is 0 Å². The van der Waals surface area contributed by atoms with E-state index in [1.165, 1.54) is 109 Å². The van der Waals surface area contributed by atoms with Crippen LogP contribution in [0.1, 0.15) is 129 Å². The van der Waals surface area contributed by atoms with E-state index in [0.29, 0.717) is 6.04 Å². The smallest absolute Gasteiger partial charge is 0.0948 e. The molecule has 0 saturated heterocycles. The van der Waals surface area contributed by atoms with Gasteiger partial charge in [0, 0.05) is 18.4 Å². The Kier molecular flexibility index (Phi) is 14.8. The molecule has 1 unspecified atom stereocenters. The van der Waals surface area contributed by atoms with Gasteiger partial charge in [-0.15, -0.1) is 0 Å². The fourth-order valence-electron chi connectivity index (χ4n) is 3.84. The third kappa shape index (κ3) is 12.2. The van der Waals surface area contributed by atoms with Crippen molar-refractivity contribution >= 4 is 0 Å². The molecule has 1 atom stereocenters. The lowest BCUT2D eigenvalue weighted by molar-refractivity contribution is 0.407. The lowest BCUT2D eigenvalue weighted by Crippen LogP contribution is -2.06. The fourth-order valence-corrected chi connectivity index (χ4v) is 3.84. The lowest BCUT2D eigenvalue weighted by atomic mass is 10.0. The van der Waals surface area contributed by atoms with Crippen LogP contribution < -0.4 is 0 Å². The molecule has 1 aromatic heterocycles. The first-order valence-electron chi connectivity index (χ1n) is 11.4. The van der Waals surface area contributed by atoms with Crippen LogP contribution in [0, 0.1) is 0 Å². The van der Waals surface area contributed by atoms with Crippen LogP contribution in [0.4, 0.5) is 0 Å². The second-order valence-corrected chi connectivity index (χ2v) is 7.84. The highest BCUT2D eigenvalue weighted by molar-refractivity contribution is 4.80. The molecule has 0 aromatic carbocycles. The molecule has 0 radical (unpaired) electrons. The van der Waals surface area contributed by atoms with Gasteiger partial charge in [-0.05, 0) is 12.8 Å². The molecule has 25 heavy (non-hydrogen) atoms. The third-order valence-electron chi connectivity index (χ3n) is 5.46. The SMILES string of the molecule is CCCCCCCCCCCCCCCCC(CCC)n1ccnc1. The van der Waals surface area contributed by atoms with Crippen LogP contribution in [0.25, 0.3) is 0 Å². The monoisotopic (exact) mass is 348 g/mol. The molecule has 1 aromatic rings. The highest BCUT2D eigenvalue weighted by Gasteiger charge is 2.08. The van der Waals surface area contributed by atoms with E-state index >= 15 is 0 Å². The van der Waals surface area contributed by atoms with Crippen molar-refractivity contribution < 1.29 is 0 Å². The van der Waals surface area contributed by atoms with Crippen molar-refractivity contribution in [1.29, 1.82) is 0 Å². The molecule has 0 spiro atoms. The average Bonchev–Trinajstić information content (AvgIpc) is 3.15. The number of nitrogens with zero attached hydrogens (tertiary/aromatic N) is 2. The molecule has 0 amide bonds. The highest BCUT2D eigenvalue weighted by Crippen LogP contribution is 2.21. The maximum atomic E-state index is 4.21. The zero-order valence-electron chi connectivity index (χ0n) is 17.2. The molecular weight excluding hydrogens is 304 g/mol. The Morgan fingerprint density at radius 1 is 0.640 bits per heavy atom. The van der Waals surface area contributed by atoms with Gasteiger partial charge >= 0.3 is 0 Å². The standard InChI is InChI=1S/C23H44N2/c1-3-5-6-7-8-9-10-11-12-13-14-15-16-17-19-23(18-4-2)25-21-20-24-22-25/h20-23H,3-19H2,1-2H3. The van der Waals surface area contributed by atoms with E-state index in [4.69, 9.17) is 0 Å². The number of rotatable bonds is 18. The minimum absolute atomic E-state index is 0.671. The van der Waals surface area contributed by atoms with Crippen molar-refractivity contribution in [2.75, 3.05) is 0 Å². The van der Waals surface area contributed by atoms with Gasteiger partial charge in [0.2, 0.25) is 0 Å². The molecule has 1 rings (SSSR count). The fraction of sp³-hybridized carbons (Fsp3) is 0.870. The molecule has 0 saturated carbocycles. The number of unbranched alkanes of at least 4 members (excludes halogenated alkanes) is 13. The van der Waals surface area contributed by atoms with Gasteiger partial charge in [-0.1, -0.05) is 110 Å². The molecule has 2 heteroatoms. The van der Waals surface area contributed by atoms with E-state index in [1.807, 2.05) is 12.5 Å². The third-order valence-corrected chi connectivity index (χ3v) is 5.46. The summed E-state index contributed by atoms with van der Waals surface area (Å²) in [4.78, 5) is 4.21. The van der Waals surface area contributed by atoms with Crippen LogP contribution in [0.5, 0.6) is 0 Å². The summed E-state index contributed by atoms with van der Waals surface area (Å²) in [5.41, 5.74) is 0. The zero-order chi connectivity index (χ0) is 18.0. The molecule has 146 valence electrons. The van der Waals surface area contributed by atoms with Crippen LogP contribution in [0.3, 0.4) is 0 Å². The maximum Gasteiger partial charge on any atom is 0.0948 e. The van der Waals surface area contributed by atoms with E-state index in [-0.39, 0.29) is 0 Å². The predicted molar refractivity (Wildman–Crippen MR) is 111 cm³/mol. The summed E-state index contributed by atoms with van der Waals surface area (Å²) < 4.78 is 2.31. The molecule has 1 heterocycles. The van der Waals surface area contributed by atoms with Gasteiger partial charge in [0.25, 0.3) is 0 Å². The van der Waals surface area contributed by atoms with Gasteiger partial charge in [-0.2, -0.15) is 0 Å². The Hall–Kier alpha value is -0.790. The molecule has 0 aliphatic carbocycles. The van der Waals surface area contributed by atoms with Gasteiger partial charge < -0.3 is 4.57 Å². The Morgan fingerprint density at radius 3 is 1.60 bits per heavy atom. The minimum Gasteiger partial charge on any atom is -0.334 e. The summed E-state index contributed by atoms with van der Waals surface area (Å²) in [5, 5.41) is 0. The largest absolute Gasteiger partial charge is 0.334 e. The summed E-state index contributed by atoms with van der Waals surface area (Å²) in [7, 11) is 0. The zero-order valence-corrected chi connectivity index (χ0v) is 17.2. The lowest BCUT2D eigenvalue weighted by Gasteiger charge is -2.17. The number of aromatic nitrogens is 2. The summed E-state index contributed by atoms with van der Waals surface area (Å²) in [6.07, 6.45) is 30.1. The highest BCUT2D eigenvalue weighted by atomic mass is 15.0. The Bertz CT molecular complexity index is 358. The van der Waals surface area contributed by atoms with E-state index in [2.05, 4.69) is 29.6 Å². The van der Waals surface area contributed by atoms with Crippen molar-refractivity contribution in [3.8, 4) is 0 Å². The van der Waals surface area contributed by atoms with E-state index in [9.17, 15) is 0 Å². The molecule has 0 aliphatic rings. The van der Waals surface area contributed by atoms with Gasteiger partial charge in [-0.3, -0.25) is 0 Å². The average molecular weight is 349 g/mol. The summed E-state index contributed by atoms with van der Waals surface area (Å²) in [5.74, 6) is 0. The summed E-state index contributed by atoms with van der Waals surface area (Å²) >= 11 is 0. The quantitative estimate of drug-likeness (QED) is 0.245. The normalized spacial score (nSPS) is 12.6. The van der Waals surface area contributed by atoms with Crippen molar-refractivity contribution in [3.05, 3.63) is 18.7 Å². The molecule has 2 nitrogen and oxygen atoms in total. The molecule has 0 bridgehead atoms. The Balaban J connectivity index is 1.85. The number of hydrogen-bond donors (Lipinski definition) is 0. The molecular formula is C23H44N2. The first kappa shape index (κ1) is 22.3. The second kappa shape index (κ2) is 16.7. The van der Waals surface area contributed by atoms with Gasteiger partial charge in [-0.25, -0.2) is 4.98 Å². The van der Waals surface area contributed by atoms with Crippen molar-refractivity contribution in [2.45, 2.75) is 129 Å². The number of hydrogen-bond acceptors (Lipinski definition) is 1. The first-order chi connectivity index (χ1) is 12.4. The van der Waals surface area contributed by atoms with Crippen LogP contribution in [0.2, 0.25) is 0 Å². The van der Waals surface area contributed by atoms with E-state index in [1.54, 1.807) is 0 Å². The van der Waals surface area contributed by atoms with Crippen molar-refractivity contribution in [2.24, 2.45) is 0 Å².